The van der Waals surface area contributed by atoms with Crippen LogP contribution in [0.5, 0.6) is 0 Å². The molecule has 5 nitrogen and oxygen atoms in total. The van der Waals surface area contributed by atoms with Crippen molar-refractivity contribution in [3.8, 4) is 0 Å². The minimum Gasteiger partial charge on any atom is -0.378 e. The minimum absolute atomic E-state index is 0.0837. The maximum absolute atomic E-state index is 12.2. The molecule has 2 heterocycles. The first-order valence-electron chi connectivity index (χ1n) is 6.31. The second-order valence-electron chi connectivity index (χ2n) is 4.43. The summed E-state index contributed by atoms with van der Waals surface area (Å²) in [6.45, 7) is 2.47. The molecule has 1 aromatic carbocycles. The molecule has 1 aliphatic heterocycles. The van der Waals surface area contributed by atoms with Crippen molar-refractivity contribution in [3.63, 3.8) is 0 Å². The highest BCUT2D eigenvalue weighted by atomic mass is 16.5. The van der Waals surface area contributed by atoms with Crippen molar-refractivity contribution < 1.29 is 9.53 Å². The topological polar surface area (TPSA) is 54.5 Å². The minimum atomic E-state index is -0.0837. The zero-order valence-electron chi connectivity index (χ0n) is 10.5. The third-order valence-corrected chi connectivity index (χ3v) is 3.22. The highest BCUT2D eigenvalue weighted by Crippen LogP contribution is 2.22. The van der Waals surface area contributed by atoms with Gasteiger partial charge >= 0.3 is 6.03 Å². The van der Waals surface area contributed by atoms with Crippen LogP contribution in [0, 0.1) is 0 Å². The lowest BCUT2D eigenvalue weighted by molar-refractivity contribution is 0.0565. The van der Waals surface area contributed by atoms with E-state index in [4.69, 9.17) is 4.74 Å². The molecule has 0 saturated carbocycles. The Kier molecular flexibility index (Phi) is 3.29. The van der Waals surface area contributed by atoms with Crippen LogP contribution in [-0.2, 0) is 4.74 Å². The van der Waals surface area contributed by atoms with E-state index in [0.29, 0.717) is 26.3 Å². The summed E-state index contributed by atoms with van der Waals surface area (Å²) in [5.74, 6) is 0. The summed E-state index contributed by atoms with van der Waals surface area (Å²) in [6, 6.07) is 7.67. The lowest BCUT2D eigenvalue weighted by Gasteiger charge is -2.27. The molecule has 0 unspecified atom stereocenters. The average Bonchev–Trinajstić information content (AvgIpc) is 2.48. The predicted octanol–water partition coefficient (Wildman–Crippen LogP) is 2.10. The molecule has 0 radical (unpaired) electrons. The van der Waals surface area contributed by atoms with Crippen LogP contribution in [-0.4, -0.2) is 42.2 Å². The third-order valence-electron chi connectivity index (χ3n) is 3.22. The number of carbonyl (C=O) groups excluding carboxylic acids is 1. The quantitative estimate of drug-likeness (QED) is 0.851. The normalized spacial score (nSPS) is 15.5. The Labute approximate surface area is 111 Å². The second kappa shape index (κ2) is 5.24. The molecule has 1 N–H and O–H groups in total. The number of nitrogens with zero attached hydrogens (tertiary/aromatic N) is 2. The van der Waals surface area contributed by atoms with Gasteiger partial charge in [0.2, 0.25) is 0 Å². The zero-order chi connectivity index (χ0) is 13.1. The smallest absolute Gasteiger partial charge is 0.322 e. The number of urea groups is 1. The van der Waals surface area contributed by atoms with E-state index in [0.717, 1.165) is 16.5 Å². The van der Waals surface area contributed by atoms with Crippen LogP contribution >= 0.6 is 0 Å². The summed E-state index contributed by atoms with van der Waals surface area (Å²) in [6.07, 6.45) is 3.51. The number of amides is 2. The molecule has 2 amide bonds. The lowest BCUT2D eigenvalue weighted by Crippen LogP contribution is -2.43. The van der Waals surface area contributed by atoms with Crippen molar-refractivity contribution in [2.45, 2.75) is 0 Å². The van der Waals surface area contributed by atoms with E-state index < -0.39 is 0 Å². The van der Waals surface area contributed by atoms with Crippen molar-refractivity contribution in [1.82, 2.24) is 9.88 Å². The summed E-state index contributed by atoms with van der Waals surface area (Å²) >= 11 is 0. The molecular formula is C14H15N3O2. The number of carbonyl (C=O) groups is 1. The Balaban J connectivity index is 1.82. The third kappa shape index (κ3) is 2.51. The second-order valence-corrected chi connectivity index (χ2v) is 4.43. The van der Waals surface area contributed by atoms with Crippen LogP contribution in [0.1, 0.15) is 0 Å². The van der Waals surface area contributed by atoms with Crippen molar-refractivity contribution in [3.05, 3.63) is 36.7 Å². The van der Waals surface area contributed by atoms with E-state index in [9.17, 15) is 4.79 Å². The van der Waals surface area contributed by atoms with E-state index in [1.54, 1.807) is 17.3 Å². The summed E-state index contributed by atoms with van der Waals surface area (Å²) in [7, 11) is 0. The van der Waals surface area contributed by atoms with Gasteiger partial charge in [-0.15, -0.1) is 0 Å². The summed E-state index contributed by atoms with van der Waals surface area (Å²) in [5, 5.41) is 4.96. The molecule has 19 heavy (non-hydrogen) atoms. The maximum Gasteiger partial charge on any atom is 0.322 e. The fraction of sp³-hybridized carbons (Fsp3) is 0.286. The molecule has 2 aromatic rings. The number of ether oxygens (including phenoxy) is 1. The van der Waals surface area contributed by atoms with Gasteiger partial charge in [-0.1, -0.05) is 12.1 Å². The number of benzene rings is 1. The van der Waals surface area contributed by atoms with Crippen LogP contribution in [0.2, 0.25) is 0 Å². The molecule has 1 aliphatic rings. The zero-order valence-corrected chi connectivity index (χ0v) is 10.5. The number of anilines is 1. The van der Waals surface area contributed by atoms with Gasteiger partial charge in [0.1, 0.15) is 0 Å². The number of rotatable bonds is 1. The summed E-state index contributed by atoms with van der Waals surface area (Å²) in [4.78, 5) is 18.0. The molecule has 3 rings (SSSR count). The number of hydrogen-bond donors (Lipinski definition) is 1. The van der Waals surface area contributed by atoms with Gasteiger partial charge in [-0.3, -0.25) is 4.98 Å². The van der Waals surface area contributed by atoms with Crippen LogP contribution in [0.3, 0.4) is 0 Å². The fourth-order valence-corrected chi connectivity index (χ4v) is 2.18. The van der Waals surface area contributed by atoms with Gasteiger partial charge in [0, 0.05) is 30.9 Å². The lowest BCUT2D eigenvalue weighted by atomic mass is 10.1. The van der Waals surface area contributed by atoms with E-state index in [2.05, 4.69) is 10.3 Å². The van der Waals surface area contributed by atoms with E-state index in [1.165, 1.54) is 0 Å². The van der Waals surface area contributed by atoms with Crippen molar-refractivity contribution >= 4 is 22.5 Å². The first-order valence-corrected chi connectivity index (χ1v) is 6.31. The van der Waals surface area contributed by atoms with E-state index in [1.807, 2.05) is 24.3 Å². The van der Waals surface area contributed by atoms with Crippen molar-refractivity contribution in [2.24, 2.45) is 0 Å². The Hall–Kier alpha value is -2.14. The Morgan fingerprint density at radius 1 is 1.26 bits per heavy atom. The van der Waals surface area contributed by atoms with Crippen molar-refractivity contribution in [1.29, 1.82) is 0 Å². The fourth-order valence-electron chi connectivity index (χ4n) is 2.18. The highest BCUT2D eigenvalue weighted by molar-refractivity contribution is 6.01. The first kappa shape index (κ1) is 11.9. The highest BCUT2D eigenvalue weighted by Gasteiger charge is 2.17. The molecule has 0 spiro atoms. The summed E-state index contributed by atoms with van der Waals surface area (Å²) in [5.41, 5.74) is 0.794. The largest absolute Gasteiger partial charge is 0.378 e. The van der Waals surface area contributed by atoms with Crippen LogP contribution in [0.15, 0.2) is 36.7 Å². The number of morpholine rings is 1. The van der Waals surface area contributed by atoms with Crippen LogP contribution < -0.4 is 5.32 Å². The Bertz CT molecular complexity index is 589. The van der Waals surface area contributed by atoms with Crippen LogP contribution in [0.4, 0.5) is 10.5 Å². The van der Waals surface area contributed by atoms with Gasteiger partial charge in [0.05, 0.1) is 18.9 Å². The molecule has 1 fully saturated rings. The number of pyridine rings is 1. The standard InChI is InChI=1S/C14H15N3O2/c18-14(17-6-8-19-9-7-17)16-13-3-1-2-11-4-5-15-10-12(11)13/h1-5,10H,6-9H2,(H,16,18). The molecule has 5 heteroatoms. The van der Waals surface area contributed by atoms with E-state index >= 15 is 0 Å². The maximum atomic E-state index is 12.2. The first-order chi connectivity index (χ1) is 9.34. The molecule has 0 atom stereocenters. The van der Waals surface area contributed by atoms with Gasteiger partial charge in [0.25, 0.3) is 0 Å². The molecule has 98 valence electrons. The summed E-state index contributed by atoms with van der Waals surface area (Å²) < 4.78 is 5.24. The van der Waals surface area contributed by atoms with Gasteiger partial charge in [-0.25, -0.2) is 4.79 Å². The molecule has 0 aliphatic carbocycles. The number of hydrogen-bond acceptors (Lipinski definition) is 3. The average molecular weight is 257 g/mol. The SMILES string of the molecule is O=C(Nc1cccc2ccncc12)N1CCOCC1. The molecule has 1 aromatic heterocycles. The van der Waals surface area contributed by atoms with Gasteiger partial charge in [0.15, 0.2) is 0 Å². The molecule has 0 bridgehead atoms. The molecule has 1 saturated heterocycles. The monoisotopic (exact) mass is 257 g/mol. The van der Waals surface area contributed by atoms with E-state index in [-0.39, 0.29) is 6.03 Å². The van der Waals surface area contributed by atoms with Gasteiger partial charge in [-0.05, 0) is 17.5 Å². The van der Waals surface area contributed by atoms with Crippen LogP contribution in [0.25, 0.3) is 10.8 Å². The van der Waals surface area contributed by atoms with Gasteiger partial charge in [-0.2, -0.15) is 0 Å². The Morgan fingerprint density at radius 2 is 2.11 bits per heavy atom. The van der Waals surface area contributed by atoms with Crippen molar-refractivity contribution in [2.75, 3.05) is 31.6 Å². The number of fused-ring (bicyclic) bond motifs is 1. The number of nitrogens with one attached hydrogen (secondary N) is 1. The van der Waals surface area contributed by atoms with Gasteiger partial charge < -0.3 is 15.0 Å². The predicted molar refractivity (Wildman–Crippen MR) is 73.2 cm³/mol. The molecular weight excluding hydrogens is 242 g/mol. The number of aromatic nitrogens is 1. The Morgan fingerprint density at radius 3 is 2.95 bits per heavy atom.